The molecule has 1 heterocycles. The van der Waals surface area contributed by atoms with Crippen LogP contribution in [0.15, 0.2) is 18.3 Å². The maximum atomic E-state index is 11.8. The SMILES string of the molecule is CC(C)(C)OC(=O)n1cccc1C(=O)OCC=O. The molecule has 0 N–H and O–H groups in total. The summed E-state index contributed by atoms with van der Waals surface area (Å²) in [5, 5.41) is 0. The molecule has 0 amide bonds. The van der Waals surface area contributed by atoms with Crippen molar-refractivity contribution in [3.8, 4) is 0 Å². The Hall–Kier alpha value is -2.11. The van der Waals surface area contributed by atoms with Gasteiger partial charge in [0, 0.05) is 6.20 Å². The van der Waals surface area contributed by atoms with Crippen LogP contribution in [0.4, 0.5) is 4.79 Å². The molecule has 0 saturated carbocycles. The molecule has 0 atom stereocenters. The molecule has 0 spiro atoms. The van der Waals surface area contributed by atoms with Crippen LogP contribution >= 0.6 is 0 Å². The summed E-state index contributed by atoms with van der Waals surface area (Å²) in [6, 6.07) is 2.93. The van der Waals surface area contributed by atoms with Crippen LogP contribution in [0.1, 0.15) is 31.3 Å². The number of ether oxygens (including phenoxy) is 2. The Morgan fingerprint density at radius 2 is 2.06 bits per heavy atom. The van der Waals surface area contributed by atoms with E-state index in [0.717, 1.165) is 4.57 Å². The highest BCUT2D eigenvalue weighted by Crippen LogP contribution is 2.12. The average molecular weight is 253 g/mol. The minimum absolute atomic E-state index is 0.0195. The first kappa shape index (κ1) is 14.0. The Bertz CT molecular complexity index is 455. The molecular formula is C12H15NO5. The molecule has 0 aliphatic rings. The number of hydrogen-bond donors (Lipinski definition) is 0. The molecule has 1 rings (SSSR count). The Balaban J connectivity index is 2.85. The topological polar surface area (TPSA) is 74.6 Å². The molecule has 0 aromatic carbocycles. The molecule has 0 fully saturated rings. The lowest BCUT2D eigenvalue weighted by Gasteiger charge is -2.20. The van der Waals surface area contributed by atoms with E-state index in [9.17, 15) is 14.4 Å². The lowest BCUT2D eigenvalue weighted by atomic mass is 10.2. The summed E-state index contributed by atoms with van der Waals surface area (Å²) in [7, 11) is 0. The number of esters is 1. The number of rotatable bonds is 3. The predicted molar refractivity (Wildman–Crippen MR) is 62.4 cm³/mol. The van der Waals surface area contributed by atoms with E-state index in [1.165, 1.54) is 18.3 Å². The molecule has 1 aromatic rings. The molecular weight excluding hydrogens is 238 g/mol. The fourth-order valence-electron chi connectivity index (χ4n) is 1.20. The average Bonchev–Trinajstić information content (AvgIpc) is 2.72. The zero-order chi connectivity index (χ0) is 13.8. The Morgan fingerprint density at radius 1 is 1.39 bits per heavy atom. The fourth-order valence-corrected chi connectivity index (χ4v) is 1.20. The molecule has 6 nitrogen and oxygen atoms in total. The third-order valence-corrected chi connectivity index (χ3v) is 1.83. The van der Waals surface area contributed by atoms with E-state index >= 15 is 0 Å². The smallest absolute Gasteiger partial charge is 0.419 e. The van der Waals surface area contributed by atoms with Crippen molar-refractivity contribution in [3.63, 3.8) is 0 Å². The normalized spacial score (nSPS) is 10.8. The standard InChI is InChI=1S/C12H15NO5/c1-12(2,3)18-11(16)13-6-4-5-9(13)10(15)17-8-7-14/h4-7H,8H2,1-3H3. The van der Waals surface area contributed by atoms with Crippen LogP contribution in [0, 0.1) is 0 Å². The Labute approximate surface area is 104 Å². The second-order valence-electron chi connectivity index (χ2n) is 4.51. The summed E-state index contributed by atoms with van der Waals surface area (Å²) in [4.78, 5) is 33.4. The molecule has 0 bridgehead atoms. The first-order valence-corrected chi connectivity index (χ1v) is 5.36. The van der Waals surface area contributed by atoms with E-state index in [4.69, 9.17) is 4.74 Å². The van der Waals surface area contributed by atoms with E-state index in [-0.39, 0.29) is 12.3 Å². The van der Waals surface area contributed by atoms with Gasteiger partial charge in [0.15, 0.2) is 6.29 Å². The van der Waals surface area contributed by atoms with Crippen molar-refractivity contribution in [1.29, 1.82) is 0 Å². The summed E-state index contributed by atoms with van der Waals surface area (Å²) in [6.45, 7) is 4.81. The number of aldehydes is 1. The van der Waals surface area contributed by atoms with Crippen molar-refractivity contribution in [3.05, 3.63) is 24.0 Å². The molecule has 0 saturated heterocycles. The van der Waals surface area contributed by atoms with Crippen LogP contribution in [0.2, 0.25) is 0 Å². The van der Waals surface area contributed by atoms with Gasteiger partial charge in [0.1, 0.15) is 17.9 Å². The van der Waals surface area contributed by atoms with Crippen LogP contribution in [-0.2, 0) is 14.3 Å². The van der Waals surface area contributed by atoms with Crippen LogP contribution in [0.3, 0.4) is 0 Å². The number of hydrogen-bond acceptors (Lipinski definition) is 5. The Kier molecular flexibility index (Phi) is 4.25. The predicted octanol–water partition coefficient (Wildman–Crippen LogP) is 1.63. The van der Waals surface area contributed by atoms with Crippen LogP contribution < -0.4 is 0 Å². The van der Waals surface area contributed by atoms with Crippen molar-refractivity contribution in [2.45, 2.75) is 26.4 Å². The van der Waals surface area contributed by atoms with Crippen LogP contribution in [0.25, 0.3) is 0 Å². The quantitative estimate of drug-likeness (QED) is 0.604. The van der Waals surface area contributed by atoms with Crippen LogP contribution in [0.5, 0.6) is 0 Å². The molecule has 0 aliphatic heterocycles. The zero-order valence-electron chi connectivity index (χ0n) is 10.5. The Morgan fingerprint density at radius 3 is 2.61 bits per heavy atom. The number of nitrogens with zero attached hydrogens (tertiary/aromatic N) is 1. The largest absolute Gasteiger partial charge is 0.453 e. The maximum absolute atomic E-state index is 11.8. The molecule has 6 heteroatoms. The zero-order valence-corrected chi connectivity index (χ0v) is 10.5. The van der Waals surface area contributed by atoms with Gasteiger partial charge < -0.3 is 9.47 Å². The third kappa shape index (κ3) is 3.73. The fraction of sp³-hybridized carbons (Fsp3) is 0.417. The number of carbonyl (C=O) groups excluding carboxylic acids is 3. The first-order chi connectivity index (χ1) is 8.35. The van der Waals surface area contributed by atoms with Gasteiger partial charge in [0.2, 0.25) is 0 Å². The summed E-state index contributed by atoms with van der Waals surface area (Å²) in [6.07, 6.45) is 1.18. The highest BCUT2D eigenvalue weighted by Gasteiger charge is 2.22. The lowest BCUT2D eigenvalue weighted by Crippen LogP contribution is -2.28. The van der Waals surface area contributed by atoms with Crippen molar-refractivity contribution in [2.24, 2.45) is 0 Å². The van der Waals surface area contributed by atoms with Gasteiger partial charge >= 0.3 is 12.1 Å². The van der Waals surface area contributed by atoms with Crippen molar-refractivity contribution >= 4 is 18.3 Å². The minimum Gasteiger partial charge on any atom is -0.453 e. The van der Waals surface area contributed by atoms with Crippen molar-refractivity contribution in [2.75, 3.05) is 6.61 Å². The maximum Gasteiger partial charge on any atom is 0.419 e. The summed E-state index contributed by atoms with van der Waals surface area (Å²) in [5.41, 5.74) is -0.642. The van der Waals surface area contributed by atoms with Gasteiger partial charge in [-0.05, 0) is 32.9 Å². The minimum atomic E-state index is -0.752. The number of carbonyl (C=O) groups is 3. The second-order valence-corrected chi connectivity index (χ2v) is 4.51. The van der Waals surface area contributed by atoms with Crippen molar-refractivity contribution in [1.82, 2.24) is 4.57 Å². The molecule has 18 heavy (non-hydrogen) atoms. The van der Waals surface area contributed by atoms with Gasteiger partial charge in [0.05, 0.1) is 0 Å². The van der Waals surface area contributed by atoms with Gasteiger partial charge in [-0.2, -0.15) is 0 Å². The molecule has 0 radical (unpaired) electrons. The van der Waals surface area contributed by atoms with E-state index in [1.54, 1.807) is 20.8 Å². The van der Waals surface area contributed by atoms with E-state index in [1.807, 2.05) is 0 Å². The first-order valence-electron chi connectivity index (χ1n) is 5.36. The summed E-state index contributed by atoms with van der Waals surface area (Å²) in [5.74, 6) is -0.752. The molecule has 98 valence electrons. The van der Waals surface area contributed by atoms with Gasteiger partial charge in [-0.25, -0.2) is 14.2 Å². The van der Waals surface area contributed by atoms with Crippen LogP contribution in [-0.4, -0.2) is 35.1 Å². The highest BCUT2D eigenvalue weighted by atomic mass is 16.6. The molecule has 0 unspecified atom stereocenters. The highest BCUT2D eigenvalue weighted by molar-refractivity contribution is 5.92. The monoisotopic (exact) mass is 253 g/mol. The van der Waals surface area contributed by atoms with Crippen molar-refractivity contribution < 1.29 is 23.9 Å². The van der Waals surface area contributed by atoms with Gasteiger partial charge in [-0.3, -0.25) is 4.79 Å². The van der Waals surface area contributed by atoms with E-state index in [2.05, 4.69) is 4.74 Å². The summed E-state index contributed by atoms with van der Waals surface area (Å²) < 4.78 is 10.8. The van der Waals surface area contributed by atoms with E-state index < -0.39 is 17.7 Å². The van der Waals surface area contributed by atoms with Gasteiger partial charge in [-0.15, -0.1) is 0 Å². The summed E-state index contributed by atoms with van der Waals surface area (Å²) >= 11 is 0. The van der Waals surface area contributed by atoms with E-state index in [0.29, 0.717) is 6.29 Å². The lowest BCUT2D eigenvalue weighted by molar-refractivity contribution is -0.110. The molecule has 1 aromatic heterocycles. The third-order valence-electron chi connectivity index (χ3n) is 1.83. The van der Waals surface area contributed by atoms with Gasteiger partial charge in [-0.1, -0.05) is 0 Å². The number of aromatic nitrogens is 1. The van der Waals surface area contributed by atoms with Gasteiger partial charge in [0.25, 0.3) is 0 Å². The molecule has 0 aliphatic carbocycles. The second kappa shape index (κ2) is 5.48.